The van der Waals surface area contributed by atoms with Crippen molar-refractivity contribution in [1.82, 2.24) is 9.97 Å². The summed E-state index contributed by atoms with van der Waals surface area (Å²) in [6, 6.07) is 3.44. The fourth-order valence-electron chi connectivity index (χ4n) is 3.40. The van der Waals surface area contributed by atoms with Crippen molar-refractivity contribution in [2.45, 2.75) is 45.4 Å². The van der Waals surface area contributed by atoms with E-state index in [0.29, 0.717) is 40.9 Å². The molecule has 1 aliphatic rings. The smallest absolute Gasteiger partial charge is 0.338 e. The van der Waals surface area contributed by atoms with Gasteiger partial charge in [0.1, 0.15) is 5.78 Å². The molecule has 0 atom stereocenters. The van der Waals surface area contributed by atoms with Crippen LogP contribution in [0.3, 0.4) is 0 Å². The number of ketones is 1. The summed E-state index contributed by atoms with van der Waals surface area (Å²) in [5.41, 5.74) is 3.05. The summed E-state index contributed by atoms with van der Waals surface area (Å²) in [7, 11) is 1.34. The van der Waals surface area contributed by atoms with Crippen LogP contribution in [0.25, 0.3) is 11.0 Å². The maximum absolute atomic E-state index is 12.3. The number of carbonyl (C=O) groups excluding carboxylic acids is 2. The van der Waals surface area contributed by atoms with E-state index in [2.05, 4.69) is 9.97 Å². The molecule has 0 aliphatic heterocycles. The van der Waals surface area contributed by atoms with Gasteiger partial charge in [-0.3, -0.25) is 4.79 Å². The molecule has 0 radical (unpaired) electrons. The van der Waals surface area contributed by atoms with Gasteiger partial charge in [0, 0.05) is 12.3 Å². The van der Waals surface area contributed by atoms with Crippen molar-refractivity contribution in [2.24, 2.45) is 5.92 Å². The topological polar surface area (TPSA) is 69.2 Å². The largest absolute Gasteiger partial charge is 0.465 e. The first-order valence-corrected chi connectivity index (χ1v) is 8.95. The standard InChI is InChI=1S/C19H21ClN2O3/c1-11-9-15-16(10-13(11)19(24)25-2)22-18(20)14(21-15)7-8-17(23)12-5-3-4-6-12/h9-10,12H,3-8H2,1-2H3. The van der Waals surface area contributed by atoms with Crippen molar-refractivity contribution < 1.29 is 14.3 Å². The first kappa shape index (κ1) is 17.8. The average molecular weight is 361 g/mol. The normalized spacial score (nSPS) is 14.8. The Hall–Kier alpha value is -2.01. The van der Waals surface area contributed by atoms with Crippen molar-refractivity contribution in [1.29, 1.82) is 0 Å². The molecule has 132 valence electrons. The second kappa shape index (κ2) is 7.48. The minimum Gasteiger partial charge on any atom is -0.465 e. The lowest BCUT2D eigenvalue weighted by Gasteiger charge is -2.10. The van der Waals surface area contributed by atoms with E-state index in [1.807, 2.05) is 6.92 Å². The van der Waals surface area contributed by atoms with E-state index in [-0.39, 0.29) is 11.1 Å². The van der Waals surface area contributed by atoms with Crippen molar-refractivity contribution >= 4 is 34.4 Å². The van der Waals surface area contributed by atoms with Crippen molar-refractivity contribution in [3.05, 3.63) is 34.1 Å². The quantitative estimate of drug-likeness (QED) is 0.752. The van der Waals surface area contributed by atoms with Crippen molar-refractivity contribution in [2.75, 3.05) is 7.11 Å². The number of carbonyl (C=O) groups is 2. The molecule has 0 amide bonds. The maximum Gasteiger partial charge on any atom is 0.338 e. The Morgan fingerprint density at radius 2 is 1.88 bits per heavy atom. The summed E-state index contributed by atoms with van der Waals surface area (Å²) in [6.45, 7) is 1.82. The molecule has 0 spiro atoms. The van der Waals surface area contributed by atoms with Crippen LogP contribution < -0.4 is 0 Å². The molecule has 1 aromatic heterocycles. The number of fused-ring (bicyclic) bond motifs is 1. The molecule has 1 aromatic carbocycles. The van der Waals surface area contributed by atoms with Crippen LogP contribution in [0.1, 0.15) is 53.7 Å². The van der Waals surface area contributed by atoms with Gasteiger partial charge >= 0.3 is 5.97 Å². The number of aryl methyl sites for hydroxylation is 2. The van der Waals surface area contributed by atoms with E-state index in [9.17, 15) is 9.59 Å². The Kier molecular flexibility index (Phi) is 5.33. The van der Waals surface area contributed by atoms with Crippen molar-refractivity contribution in [3.8, 4) is 0 Å². The molecule has 3 rings (SSSR count). The molecular formula is C19H21ClN2O3. The Bertz CT molecular complexity index is 829. The number of nitrogens with zero attached hydrogens (tertiary/aromatic N) is 2. The SMILES string of the molecule is COC(=O)c1cc2nc(Cl)c(CCC(=O)C3CCCC3)nc2cc1C. The van der Waals surface area contributed by atoms with Crippen LogP contribution in [0.4, 0.5) is 0 Å². The zero-order valence-electron chi connectivity index (χ0n) is 14.5. The number of Topliss-reactive ketones (excluding diaryl/α,β-unsaturated/α-hetero) is 1. The number of esters is 1. The van der Waals surface area contributed by atoms with E-state index in [1.165, 1.54) is 7.11 Å². The molecule has 2 aromatic rings. The molecule has 0 N–H and O–H groups in total. The number of hydrogen-bond acceptors (Lipinski definition) is 5. The number of methoxy groups -OCH3 is 1. The maximum atomic E-state index is 12.3. The van der Waals surface area contributed by atoms with Crippen LogP contribution in [0, 0.1) is 12.8 Å². The predicted molar refractivity (Wildman–Crippen MR) is 95.9 cm³/mol. The van der Waals surface area contributed by atoms with Crippen molar-refractivity contribution in [3.63, 3.8) is 0 Å². The van der Waals surface area contributed by atoms with Gasteiger partial charge < -0.3 is 4.74 Å². The van der Waals surface area contributed by atoms with Crippen LogP contribution >= 0.6 is 11.6 Å². The van der Waals surface area contributed by atoms with E-state index in [4.69, 9.17) is 16.3 Å². The van der Waals surface area contributed by atoms with Crippen LogP contribution in [-0.4, -0.2) is 28.8 Å². The van der Waals surface area contributed by atoms with Gasteiger partial charge in [-0.1, -0.05) is 24.4 Å². The second-order valence-corrected chi connectivity index (χ2v) is 6.91. The second-order valence-electron chi connectivity index (χ2n) is 6.56. The van der Waals surface area contributed by atoms with Gasteiger partial charge in [-0.25, -0.2) is 14.8 Å². The molecular weight excluding hydrogens is 340 g/mol. The minimum absolute atomic E-state index is 0.206. The minimum atomic E-state index is -0.413. The summed E-state index contributed by atoms with van der Waals surface area (Å²) >= 11 is 6.25. The molecule has 1 saturated carbocycles. The average Bonchev–Trinajstić information content (AvgIpc) is 3.13. The number of aromatic nitrogens is 2. The monoisotopic (exact) mass is 360 g/mol. The van der Waals surface area contributed by atoms with Gasteiger partial charge in [0.25, 0.3) is 0 Å². The van der Waals surface area contributed by atoms with Gasteiger partial charge in [-0.15, -0.1) is 0 Å². The van der Waals surface area contributed by atoms with Gasteiger partial charge in [0.2, 0.25) is 0 Å². The lowest BCUT2D eigenvalue weighted by Crippen LogP contribution is -2.12. The van der Waals surface area contributed by atoms with Crippen LogP contribution in [0.2, 0.25) is 5.15 Å². The van der Waals surface area contributed by atoms with E-state index in [1.54, 1.807) is 12.1 Å². The summed E-state index contributed by atoms with van der Waals surface area (Å²) in [6.07, 6.45) is 5.25. The Morgan fingerprint density at radius 1 is 1.20 bits per heavy atom. The molecule has 0 saturated heterocycles. The highest BCUT2D eigenvalue weighted by Gasteiger charge is 2.23. The third-order valence-corrected chi connectivity index (χ3v) is 5.16. The number of hydrogen-bond donors (Lipinski definition) is 0. The third-order valence-electron chi connectivity index (χ3n) is 4.86. The number of halogens is 1. The van der Waals surface area contributed by atoms with E-state index < -0.39 is 5.97 Å². The predicted octanol–water partition coefficient (Wildman–Crippen LogP) is 4.07. The van der Waals surface area contributed by atoms with E-state index in [0.717, 1.165) is 31.2 Å². The lowest BCUT2D eigenvalue weighted by atomic mass is 9.98. The first-order valence-electron chi connectivity index (χ1n) is 8.57. The molecule has 5 nitrogen and oxygen atoms in total. The summed E-state index contributed by atoms with van der Waals surface area (Å²) in [5.74, 6) is 0.0910. The lowest BCUT2D eigenvalue weighted by molar-refractivity contribution is -0.122. The Balaban J connectivity index is 1.83. The number of ether oxygens (including phenoxy) is 1. The van der Waals surface area contributed by atoms with Crippen LogP contribution in [-0.2, 0) is 16.0 Å². The Labute approximate surface area is 151 Å². The van der Waals surface area contributed by atoms with Crippen LogP contribution in [0.15, 0.2) is 12.1 Å². The molecule has 1 aliphatic carbocycles. The molecule has 0 unspecified atom stereocenters. The fraction of sp³-hybridized carbons (Fsp3) is 0.474. The molecule has 6 heteroatoms. The van der Waals surface area contributed by atoms with E-state index >= 15 is 0 Å². The fourth-order valence-corrected chi connectivity index (χ4v) is 3.63. The summed E-state index contributed by atoms with van der Waals surface area (Å²) in [4.78, 5) is 33.0. The van der Waals surface area contributed by atoms with Gasteiger partial charge in [-0.2, -0.15) is 0 Å². The number of rotatable bonds is 5. The zero-order chi connectivity index (χ0) is 18.0. The Morgan fingerprint density at radius 3 is 2.56 bits per heavy atom. The first-order chi connectivity index (χ1) is 12.0. The zero-order valence-corrected chi connectivity index (χ0v) is 15.2. The summed E-state index contributed by atoms with van der Waals surface area (Å²) < 4.78 is 4.78. The highest BCUT2D eigenvalue weighted by molar-refractivity contribution is 6.30. The van der Waals surface area contributed by atoms with Gasteiger partial charge in [-0.05, 0) is 43.9 Å². The molecule has 0 bridgehead atoms. The third kappa shape index (κ3) is 3.82. The highest BCUT2D eigenvalue weighted by atomic mass is 35.5. The van der Waals surface area contributed by atoms with Gasteiger partial charge in [0.15, 0.2) is 5.15 Å². The van der Waals surface area contributed by atoms with Crippen LogP contribution in [0.5, 0.6) is 0 Å². The molecule has 1 fully saturated rings. The summed E-state index contributed by atoms with van der Waals surface area (Å²) in [5, 5.41) is 0.284. The number of benzene rings is 1. The highest BCUT2D eigenvalue weighted by Crippen LogP contribution is 2.28. The van der Waals surface area contributed by atoms with Gasteiger partial charge in [0.05, 0.1) is 29.4 Å². The molecule has 25 heavy (non-hydrogen) atoms. The molecule has 1 heterocycles.